The van der Waals surface area contributed by atoms with Crippen LogP contribution in [0.5, 0.6) is 0 Å². The van der Waals surface area contributed by atoms with Gasteiger partial charge in [-0.05, 0) is 35.6 Å². The first kappa shape index (κ1) is 10.9. The Hall–Kier alpha value is -1.94. The molecule has 1 saturated carbocycles. The van der Waals surface area contributed by atoms with Crippen LogP contribution in [-0.4, -0.2) is 20.9 Å². The van der Waals surface area contributed by atoms with Gasteiger partial charge in [0.15, 0.2) is 0 Å². The Labute approximate surface area is 112 Å². The highest BCUT2D eigenvalue weighted by Gasteiger charge is 2.32. The quantitative estimate of drug-likeness (QED) is 0.890. The molecule has 2 aliphatic rings. The van der Waals surface area contributed by atoms with Crippen molar-refractivity contribution in [1.29, 1.82) is 0 Å². The van der Waals surface area contributed by atoms with Gasteiger partial charge in [0, 0.05) is 37.1 Å². The summed E-state index contributed by atoms with van der Waals surface area (Å²) < 4.78 is 0. The molecule has 1 aliphatic heterocycles. The van der Waals surface area contributed by atoms with Gasteiger partial charge in [0.05, 0.1) is 0 Å². The Morgan fingerprint density at radius 1 is 1.00 bits per heavy atom. The van der Waals surface area contributed by atoms with Gasteiger partial charge in [-0.15, -0.1) is 0 Å². The molecule has 1 aliphatic carbocycles. The fourth-order valence-corrected chi connectivity index (χ4v) is 2.79. The maximum Gasteiger partial charge on any atom is 0.219 e. The molecule has 1 aromatic carbocycles. The average Bonchev–Trinajstić information content (AvgIpc) is 3.19. The van der Waals surface area contributed by atoms with E-state index < -0.39 is 0 Å². The van der Waals surface area contributed by atoms with Crippen molar-refractivity contribution < 1.29 is 0 Å². The van der Waals surface area contributed by atoms with Crippen molar-refractivity contribution in [3.8, 4) is 11.1 Å². The lowest BCUT2D eigenvalue weighted by Crippen LogP contribution is -2.18. The summed E-state index contributed by atoms with van der Waals surface area (Å²) in [5.74, 6) is 0.324. The zero-order valence-electron chi connectivity index (χ0n) is 10.7. The summed E-state index contributed by atoms with van der Waals surface area (Å²) in [5, 5.41) is 0. The van der Waals surface area contributed by atoms with Gasteiger partial charge in [0.2, 0.25) is 5.95 Å². The second-order valence-corrected chi connectivity index (χ2v) is 5.45. The van der Waals surface area contributed by atoms with Crippen LogP contribution in [0.3, 0.4) is 0 Å². The van der Waals surface area contributed by atoms with Crippen LogP contribution in [0.2, 0.25) is 0 Å². The molecule has 0 bridgehead atoms. The number of hydrogen-bond donors (Lipinski definition) is 1. The Morgan fingerprint density at radius 2 is 1.74 bits per heavy atom. The molecule has 0 radical (unpaired) electrons. The first-order chi connectivity index (χ1) is 9.29. The summed E-state index contributed by atoms with van der Waals surface area (Å²) in [6, 6.07) is 7.50. The van der Waals surface area contributed by atoms with Crippen LogP contribution in [0.25, 0.3) is 11.1 Å². The van der Waals surface area contributed by atoms with Gasteiger partial charge in [0.25, 0.3) is 0 Å². The van der Waals surface area contributed by atoms with Crippen LogP contribution in [0, 0.1) is 0 Å². The van der Waals surface area contributed by atoms with Gasteiger partial charge in [-0.2, -0.15) is 0 Å². The summed E-state index contributed by atoms with van der Waals surface area (Å²) in [4.78, 5) is 10.7. The van der Waals surface area contributed by atoms with E-state index in [0.29, 0.717) is 5.95 Å². The molecule has 2 heterocycles. The van der Waals surface area contributed by atoms with E-state index in [0.717, 1.165) is 24.7 Å². The molecule has 1 fully saturated rings. The van der Waals surface area contributed by atoms with Crippen LogP contribution >= 0.6 is 0 Å². The zero-order valence-corrected chi connectivity index (χ0v) is 10.7. The minimum Gasteiger partial charge on any atom is -0.368 e. The van der Waals surface area contributed by atoms with E-state index in [-0.39, 0.29) is 0 Å². The predicted octanol–water partition coefficient (Wildman–Crippen LogP) is 2.20. The predicted molar refractivity (Wildman–Crippen MR) is 74.1 cm³/mol. The SMILES string of the molecule is Nc1ncc(-c2ccc3c(c2)CN(C2CC2)C3)cn1. The molecule has 0 atom stereocenters. The molecule has 0 spiro atoms. The maximum atomic E-state index is 5.52. The molecule has 0 saturated heterocycles. The standard InChI is InChI=1S/C15H16N4/c16-15-17-6-13(7-18-15)10-1-2-11-8-19(14-3-4-14)9-12(11)5-10/h1-2,5-7,14H,3-4,8-9H2,(H2,16,17,18). The molecule has 4 rings (SSSR count). The van der Waals surface area contributed by atoms with E-state index in [4.69, 9.17) is 5.73 Å². The fourth-order valence-electron chi connectivity index (χ4n) is 2.79. The lowest BCUT2D eigenvalue weighted by molar-refractivity contribution is 0.273. The Kier molecular flexibility index (Phi) is 2.32. The number of anilines is 1. The van der Waals surface area contributed by atoms with Crippen molar-refractivity contribution in [2.45, 2.75) is 32.0 Å². The zero-order chi connectivity index (χ0) is 12.8. The summed E-state index contributed by atoms with van der Waals surface area (Å²) in [5.41, 5.74) is 10.6. The smallest absolute Gasteiger partial charge is 0.219 e. The number of nitrogens with two attached hydrogens (primary N) is 1. The Balaban J connectivity index is 1.65. The number of nitrogens with zero attached hydrogens (tertiary/aromatic N) is 3. The molecular formula is C15H16N4. The van der Waals surface area contributed by atoms with E-state index in [1.807, 2.05) is 0 Å². The van der Waals surface area contributed by atoms with Crippen molar-refractivity contribution in [2.24, 2.45) is 0 Å². The van der Waals surface area contributed by atoms with Crippen molar-refractivity contribution in [2.75, 3.05) is 5.73 Å². The lowest BCUT2D eigenvalue weighted by Gasteiger charge is -2.11. The molecular weight excluding hydrogens is 236 g/mol. The van der Waals surface area contributed by atoms with E-state index in [1.54, 1.807) is 12.4 Å². The minimum atomic E-state index is 0.324. The van der Waals surface area contributed by atoms with Crippen molar-refractivity contribution in [3.63, 3.8) is 0 Å². The normalized spacial score (nSPS) is 18.5. The fraction of sp³-hybridized carbons (Fsp3) is 0.333. The van der Waals surface area contributed by atoms with Crippen molar-refractivity contribution in [3.05, 3.63) is 41.7 Å². The molecule has 0 amide bonds. The van der Waals surface area contributed by atoms with Crippen LogP contribution in [0.15, 0.2) is 30.6 Å². The average molecular weight is 252 g/mol. The first-order valence-corrected chi connectivity index (χ1v) is 6.73. The van der Waals surface area contributed by atoms with Crippen molar-refractivity contribution in [1.82, 2.24) is 14.9 Å². The maximum absolute atomic E-state index is 5.52. The van der Waals surface area contributed by atoms with Crippen LogP contribution in [0.1, 0.15) is 24.0 Å². The second kappa shape index (κ2) is 4.03. The number of hydrogen-bond acceptors (Lipinski definition) is 4. The minimum absolute atomic E-state index is 0.324. The number of fused-ring (bicyclic) bond motifs is 1. The van der Waals surface area contributed by atoms with Crippen molar-refractivity contribution >= 4 is 5.95 Å². The van der Waals surface area contributed by atoms with Gasteiger partial charge in [-0.25, -0.2) is 9.97 Å². The molecule has 2 aromatic rings. The highest BCUT2D eigenvalue weighted by atomic mass is 15.2. The van der Waals surface area contributed by atoms with Gasteiger partial charge in [0.1, 0.15) is 0 Å². The monoisotopic (exact) mass is 252 g/mol. The third-order valence-corrected chi connectivity index (χ3v) is 4.02. The van der Waals surface area contributed by atoms with E-state index >= 15 is 0 Å². The van der Waals surface area contributed by atoms with Gasteiger partial charge in [-0.3, -0.25) is 4.90 Å². The van der Waals surface area contributed by atoms with E-state index in [1.165, 1.54) is 29.5 Å². The summed E-state index contributed by atoms with van der Waals surface area (Å²) in [6.07, 6.45) is 6.31. The molecule has 19 heavy (non-hydrogen) atoms. The number of benzene rings is 1. The van der Waals surface area contributed by atoms with E-state index in [9.17, 15) is 0 Å². The number of rotatable bonds is 2. The topological polar surface area (TPSA) is 55.0 Å². The summed E-state index contributed by atoms with van der Waals surface area (Å²) in [6.45, 7) is 2.20. The molecule has 96 valence electrons. The molecule has 0 unspecified atom stereocenters. The van der Waals surface area contributed by atoms with Gasteiger partial charge >= 0.3 is 0 Å². The third kappa shape index (κ3) is 1.98. The Bertz CT molecular complexity index is 617. The van der Waals surface area contributed by atoms with Crippen LogP contribution < -0.4 is 5.73 Å². The van der Waals surface area contributed by atoms with E-state index in [2.05, 4.69) is 33.1 Å². The third-order valence-electron chi connectivity index (χ3n) is 4.02. The van der Waals surface area contributed by atoms with Crippen LogP contribution in [-0.2, 0) is 13.1 Å². The molecule has 2 N–H and O–H groups in total. The Morgan fingerprint density at radius 3 is 2.47 bits per heavy atom. The van der Waals surface area contributed by atoms with Crippen LogP contribution in [0.4, 0.5) is 5.95 Å². The number of nitrogen functional groups attached to an aromatic ring is 1. The molecule has 1 aromatic heterocycles. The first-order valence-electron chi connectivity index (χ1n) is 6.73. The van der Waals surface area contributed by atoms with Gasteiger partial charge < -0.3 is 5.73 Å². The number of aromatic nitrogens is 2. The highest BCUT2D eigenvalue weighted by molar-refractivity contribution is 5.64. The highest BCUT2D eigenvalue weighted by Crippen LogP contribution is 2.35. The van der Waals surface area contributed by atoms with Gasteiger partial charge in [-0.1, -0.05) is 12.1 Å². The molecule has 4 nitrogen and oxygen atoms in total. The molecule has 4 heteroatoms. The second-order valence-electron chi connectivity index (χ2n) is 5.45. The summed E-state index contributed by atoms with van der Waals surface area (Å²) in [7, 11) is 0. The largest absolute Gasteiger partial charge is 0.368 e. The summed E-state index contributed by atoms with van der Waals surface area (Å²) >= 11 is 0. The lowest BCUT2D eigenvalue weighted by atomic mass is 10.0.